The van der Waals surface area contributed by atoms with E-state index in [1.54, 1.807) is 4.68 Å². The first kappa shape index (κ1) is 18.7. The minimum Gasteiger partial charge on any atom is -0.370 e. The zero-order valence-corrected chi connectivity index (χ0v) is 16.1. The summed E-state index contributed by atoms with van der Waals surface area (Å²) >= 11 is 6.24. The highest BCUT2D eigenvalue weighted by Gasteiger charge is 2.25. The van der Waals surface area contributed by atoms with Crippen molar-refractivity contribution in [2.75, 3.05) is 32.8 Å². The number of aliphatic imine (C=N–C) groups is 1. The Morgan fingerprint density at radius 3 is 3.00 bits per heavy atom. The second kappa shape index (κ2) is 9.05. The van der Waals surface area contributed by atoms with Gasteiger partial charge in [-0.3, -0.25) is 9.67 Å². The van der Waals surface area contributed by atoms with Crippen LogP contribution in [-0.2, 0) is 18.2 Å². The molecule has 1 aliphatic heterocycles. The molecule has 7 heteroatoms. The second-order valence-electron chi connectivity index (χ2n) is 6.33. The van der Waals surface area contributed by atoms with Gasteiger partial charge in [0.05, 0.1) is 19.3 Å². The van der Waals surface area contributed by atoms with Crippen molar-refractivity contribution in [2.24, 2.45) is 12.0 Å². The van der Waals surface area contributed by atoms with Crippen LogP contribution in [-0.4, -0.2) is 53.4 Å². The molecule has 2 heterocycles. The molecular formula is C19H26ClN5O. The molecule has 0 bridgehead atoms. The zero-order chi connectivity index (χ0) is 18.4. The van der Waals surface area contributed by atoms with Crippen molar-refractivity contribution in [3.8, 4) is 0 Å². The van der Waals surface area contributed by atoms with Crippen LogP contribution in [0.5, 0.6) is 0 Å². The van der Waals surface area contributed by atoms with Crippen molar-refractivity contribution in [2.45, 2.75) is 19.4 Å². The van der Waals surface area contributed by atoms with E-state index in [4.69, 9.17) is 21.3 Å². The number of halogens is 1. The highest BCUT2D eigenvalue weighted by atomic mass is 35.5. The highest BCUT2D eigenvalue weighted by molar-refractivity contribution is 6.31. The molecule has 140 valence electrons. The van der Waals surface area contributed by atoms with E-state index in [0.29, 0.717) is 13.2 Å². The number of hydrogen-bond acceptors (Lipinski definition) is 3. The third kappa shape index (κ3) is 4.77. The molecule has 0 radical (unpaired) electrons. The van der Waals surface area contributed by atoms with Gasteiger partial charge < -0.3 is 15.0 Å². The Kier molecular flexibility index (Phi) is 6.52. The van der Waals surface area contributed by atoms with E-state index >= 15 is 0 Å². The number of nitrogens with zero attached hydrogens (tertiary/aromatic N) is 4. The summed E-state index contributed by atoms with van der Waals surface area (Å²) in [5.41, 5.74) is 2.23. The summed E-state index contributed by atoms with van der Waals surface area (Å²) in [5.74, 6) is 0.928. The van der Waals surface area contributed by atoms with Gasteiger partial charge in [-0.15, -0.1) is 0 Å². The van der Waals surface area contributed by atoms with Crippen LogP contribution in [0.3, 0.4) is 0 Å². The molecule has 6 nitrogen and oxygen atoms in total. The van der Waals surface area contributed by atoms with E-state index in [9.17, 15) is 0 Å². The van der Waals surface area contributed by atoms with Gasteiger partial charge >= 0.3 is 0 Å². The number of rotatable bonds is 5. The minimum atomic E-state index is 0.0184. The lowest BCUT2D eigenvalue weighted by molar-refractivity contribution is -0.00803. The van der Waals surface area contributed by atoms with Crippen LogP contribution in [0, 0.1) is 0 Å². The molecule has 1 fully saturated rings. The van der Waals surface area contributed by atoms with Crippen molar-refractivity contribution in [1.82, 2.24) is 20.0 Å². The molecule has 0 amide bonds. The Morgan fingerprint density at radius 1 is 1.42 bits per heavy atom. The van der Waals surface area contributed by atoms with Gasteiger partial charge in [0.1, 0.15) is 6.10 Å². The molecule has 1 aromatic carbocycles. The van der Waals surface area contributed by atoms with Gasteiger partial charge in [-0.25, -0.2) is 0 Å². The maximum absolute atomic E-state index is 6.24. The molecule has 2 aromatic rings. The molecule has 26 heavy (non-hydrogen) atoms. The largest absolute Gasteiger partial charge is 0.370 e. The molecular weight excluding hydrogens is 350 g/mol. The number of aryl methyl sites for hydroxylation is 1. The summed E-state index contributed by atoms with van der Waals surface area (Å²) in [4.78, 5) is 7.06. The van der Waals surface area contributed by atoms with Crippen molar-refractivity contribution in [3.05, 3.63) is 52.8 Å². The van der Waals surface area contributed by atoms with Gasteiger partial charge in [-0.2, -0.15) is 5.10 Å². The lowest BCUT2D eigenvalue weighted by Gasteiger charge is -2.34. The maximum atomic E-state index is 6.24. The van der Waals surface area contributed by atoms with E-state index in [2.05, 4.69) is 28.3 Å². The summed E-state index contributed by atoms with van der Waals surface area (Å²) in [5, 5.41) is 8.45. The van der Waals surface area contributed by atoms with Crippen LogP contribution in [0.25, 0.3) is 0 Å². The summed E-state index contributed by atoms with van der Waals surface area (Å²) in [6.45, 7) is 5.89. The van der Waals surface area contributed by atoms with Gasteiger partial charge in [0, 0.05) is 43.5 Å². The van der Waals surface area contributed by atoms with Crippen LogP contribution in [0.2, 0.25) is 5.02 Å². The van der Waals surface area contributed by atoms with Crippen molar-refractivity contribution >= 4 is 17.6 Å². The normalized spacial score (nSPS) is 18.2. The van der Waals surface area contributed by atoms with Gasteiger partial charge in [0.2, 0.25) is 0 Å². The van der Waals surface area contributed by atoms with Crippen LogP contribution < -0.4 is 5.32 Å². The number of morpholine rings is 1. The van der Waals surface area contributed by atoms with E-state index in [1.165, 1.54) is 0 Å². The first-order valence-corrected chi connectivity index (χ1v) is 9.42. The van der Waals surface area contributed by atoms with Crippen molar-refractivity contribution in [3.63, 3.8) is 0 Å². The van der Waals surface area contributed by atoms with E-state index in [-0.39, 0.29) is 6.10 Å². The van der Waals surface area contributed by atoms with Crippen LogP contribution in [0.1, 0.15) is 24.2 Å². The Balaban J connectivity index is 1.65. The molecule has 0 saturated carbocycles. The average molecular weight is 376 g/mol. The van der Waals surface area contributed by atoms with E-state index in [0.717, 1.165) is 48.2 Å². The Bertz CT molecular complexity index is 745. The van der Waals surface area contributed by atoms with Crippen molar-refractivity contribution < 1.29 is 4.74 Å². The summed E-state index contributed by atoms with van der Waals surface area (Å²) in [6.07, 6.45) is 4.72. The number of guanidine groups is 1. The molecule has 1 aromatic heterocycles. The third-order valence-corrected chi connectivity index (χ3v) is 4.77. The molecule has 0 aliphatic carbocycles. The Labute approximate surface area is 159 Å². The Hall–Kier alpha value is -2.05. The van der Waals surface area contributed by atoms with Crippen molar-refractivity contribution in [1.29, 1.82) is 0 Å². The standard InChI is InChI=1S/C19H26ClN5O/c1-3-21-19(22-9-8-15-6-4-5-7-17(15)20)25-10-11-26-18(14-25)16-12-23-24(2)13-16/h4-7,12-13,18H,3,8-11,14H2,1-2H3,(H,21,22). The first-order valence-electron chi connectivity index (χ1n) is 9.04. The number of nitrogens with one attached hydrogen (secondary N) is 1. The first-order chi connectivity index (χ1) is 12.7. The molecule has 1 N–H and O–H groups in total. The molecule has 3 rings (SSSR count). The molecule has 1 atom stereocenters. The molecule has 1 aliphatic rings. The zero-order valence-electron chi connectivity index (χ0n) is 15.4. The fourth-order valence-corrected chi connectivity index (χ4v) is 3.29. The van der Waals surface area contributed by atoms with Gasteiger partial charge in [-0.1, -0.05) is 29.8 Å². The SMILES string of the molecule is CCNC(=NCCc1ccccc1Cl)N1CCOC(c2cnn(C)c2)C1. The predicted molar refractivity (Wildman–Crippen MR) is 105 cm³/mol. The highest BCUT2D eigenvalue weighted by Crippen LogP contribution is 2.21. The summed E-state index contributed by atoms with van der Waals surface area (Å²) in [6, 6.07) is 7.94. The monoisotopic (exact) mass is 375 g/mol. The second-order valence-corrected chi connectivity index (χ2v) is 6.74. The lowest BCUT2D eigenvalue weighted by atomic mass is 10.1. The topological polar surface area (TPSA) is 54.7 Å². The lowest BCUT2D eigenvalue weighted by Crippen LogP contribution is -2.48. The summed E-state index contributed by atoms with van der Waals surface area (Å²) < 4.78 is 7.74. The van der Waals surface area contributed by atoms with Gasteiger partial charge in [0.15, 0.2) is 5.96 Å². The fraction of sp³-hybridized carbons (Fsp3) is 0.474. The maximum Gasteiger partial charge on any atom is 0.194 e. The van der Waals surface area contributed by atoms with Crippen LogP contribution in [0.15, 0.2) is 41.7 Å². The van der Waals surface area contributed by atoms with Crippen LogP contribution in [0.4, 0.5) is 0 Å². The Morgan fingerprint density at radius 2 is 2.27 bits per heavy atom. The number of hydrogen-bond donors (Lipinski definition) is 1. The molecule has 1 unspecified atom stereocenters. The third-order valence-electron chi connectivity index (χ3n) is 4.40. The van der Waals surface area contributed by atoms with Crippen LogP contribution >= 0.6 is 11.6 Å². The fourth-order valence-electron chi connectivity index (χ4n) is 3.06. The number of ether oxygens (including phenoxy) is 1. The molecule has 0 spiro atoms. The number of aromatic nitrogens is 2. The van der Waals surface area contributed by atoms with Gasteiger partial charge in [0.25, 0.3) is 0 Å². The average Bonchev–Trinajstić information content (AvgIpc) is 3.09. The smallest absolute Gasteiger partial charge is 0.194 e. The predicted octanol–water partition coefficient (Wildman–Crippen LogP) is 2.66. The quantitative estimate of drug-likeness (QED) is 0.644. The number of benzene rings is 1. The minimum absolute atomic E-state index is 0.0184. The van der Waals surface area contributed by atoms with E-state index in [1.807, 2.05) is 37.6 Å². The van der Waals surface area contributed by atoms with Gasteiger partial charge in [-0.05, 0) is 25.0 Å². The summed E-state index contributed by atoms with van der Waals surface area (Å²) in [7, 11) is 1.92. The van der Waals surface area contributed by atoms with E-state index < -0.39 is 0 Å². The molecule has 1 saturated heterocycles.